The highest BCUT2D eigenvalue weighted by Crippen LogP contribution is 2.47. The summed E-state index contributed by atoms with van der Waals surface area (Å²) in [5.41, 5.74) is -1.59. The average Bonchev–Trinajstić information content (AvgIpc) is 3.31. The fourth-order valence-electron chi connectivity index (χ4n) is 4.36. The van der Waals surface area contributed by atoms with Gasteiger partial charge in [0, 0.05) is 32.0 Å². The minimum absolute atomic E-state index is 0.154. The second-order valence-corrected chi connectivity index (χ2v) is 9.44. The molecule has 0 unspecified atom stereocenters. The molecule has 2 fully saturated rings. The number of anilines is 1. The summed E-state index contributed by atoms with van der Waals surface area (Å²) in [5, 5.41) is 14.2. The van der Waals surface area contributed by atoms with Crippen molar-refractivity contribution in [2.45, 2.75) is 30.2 Å². The van der Waals surface area contributed by atoms with Crippen molar-refractivity contribution in [1.82, 2.24) is 19.9 Å². The zero-order valence-electron chi connectivity index (χ0n) is 22.1. The summed E-state index contributed by atoms with van der Waals surface area (Å²) >= 11 is 0. The molecule has 236 valence electrons. The van der Waals surface area contributed by atoms with Crippen LogP contribution in [0.3, 0.4) is 0 Å². The molecular formula is C26H21F8N5O5. The largest absolute Gasteiger partial charge is 0.490 e. The molecule has 18 heteroatoms. The predicted molar refractivity (Wildman–Crippen MR) is 134 cm³/mol. The molecule has 2 aliphatic rings. The first-order valence-corrected chi connectivity index (χ1v) is 12.1. The Kier molecular flexibility index (Phi) is 9.87. The Morgan fingerprint density at radius 3 is 1.86 bits per heavy atom. The van der Waals surface area contributed by atoms with Crippen LogP contribution in [0.15, 0.2) is 67.5 Å². The van der Waals surface area contributed by atoms with E-state index in [0.29, 0.717) is 12.2 Å². The third-order valence-electron chi connectivity index (χ3n) is 6.31. The van der Waals surface area contributed by atoms with E-state index in [1.54, 1.807) is 17.3 Å². The first-order chi connectivity index (χ1) is 20.4. The molecule has 0 saturated carbocycles. The van der Waals surface area contributed by atoms with Gasteiger partial charge in [0.15, 0.2) is 5.67 Å². The molecule has 2 N–H and O–H groups in total. The number of aromatic nitrogens is 3. The van der Waals surface area contributed by atoms with Crippen molar-refractivity contribution in [3.8, 4) is 11.1 Å². The van der Waals surface area contributed by atoms with E-state index in [1.807, 2.05) is 36.4 Å². The number of fused-ring (bicyclic) bond motifs is 1. The van der Waals surface area contributed by atoms with Crippen molar-refractivity contribution >= 4 is 23.5 Å². The van der Waals surface area contributed by atoms with E-state index in [9.17, 15) is 31.1 Å². The number of carbonyl (C=O) groups is 3. The number of pyridine rings is 1. The van der Waals surface area contributed by atoms with Crippen molar-refractivity contribution in [2.24, 2.45) is 0 Å². The summed E-state index contributed by atoms with van der Waals surface area (Å²) < 4.78 is 94.8. The fourth-order valence-corrected chi connectivity index (χ4v) is 4.36. The molecule has 4 heterocycles. The first-order valence-electron chi connectivity index (χ1n) is 12.1. The lowest BCUT2D eigenvalue weighted by molar-refractivity contribution is -0.193. The number of carboxylic acids is 2. The number of likely N-dealkylation sites (tertiary alicyclic amines) is 1. The standard InChI is InChI=1S/C22H19F2N5O.2C2HF3O2/c23-21-12-28(11-16-2-1-3-18(8-16)17-4-6-25-7-5-17)14-22(21,24)20(30)29(13-21)19-9-26-15-27-10-19;2*3-2(4,5)1(6)7/h1-10,15H,11-14H2;2*(H,6,7)/t21-,22+;;/m0../s1. The number of rotatable bonds is 4. The Labute approximate surface area is 242 Å². The van der Waals surface area contributed by atoms with E-state index in [-0.39, 0.29) is 19.6 Å². The second-order valence-electron chi connectivity index (χ2n) is 9.44. The first kappa shape index (κ1) is 33.8. The molecule has 1 amide bonds. The quantitative estimate of drug-likeness (QED) is 0.407. The van der Waals surface area contributed by atoms with Gasteiger partial charge in [-0.05, 0) is 34.9 Å². The number of aliphatic carboxylic acids is 2. The Bertz CT molecular complexity index is 1450. The number of hydrogen-bond acceptors (Lipinski definition) is 7. The smallest absolute Gasteiger partial charge is 0.475 e. The Morgan fingerprint density at radius 1 is 0.818 bits per heavy atom. The minimum atomic E-state index is -5.08. The van der Waals surface area contributed by atoms with Crippen LogP contribution in [0.25, 0.3) is 11.1 Å². The summed E-state index contributed by atoms with van der Waals surface area (Å²) in [4.78, 5) is 45.1. The monoisotopic (exact) mass is 635 g/mol. The Balaban J connectivity index is 0.000000317. The topological polar surface area (TPSA) is 137 Å². The van der Waals surface area contributed by atoms with Gasteiger partial charge in [-0.25, -0.2) is 28.3 Å². The van der Waals surface area contributed by atoms with Gasteiger partial charge in [0.05, 0.1) is 24.6 Å². The third kappa shape index (κ3) is 7.80. The van der Waals surface area contributed by atoms with Gasteiger partial charge in [-0.3, -0.25) is 14.7 Å². The SMILES string of the molecule is O=C(O)C(F)(F)F.O=C(O)C(F)(F)F.O=C1N(c2cncnc2)C[C@@]2(F)CN(Cc3cccc(-c4ccncc4)c3)C[C@@]12F. The molecule has 1 aromatic carbocycles. The number of amides is 1. The molecule has 0 spiro atoms. The lowest BCUT2D eigenvalue weighted by atomic mass is 9.93. The van der Waals surface area contributed by atoms with Gasteiger partial charge < -0.3 is 15.1 Å². The van der Waals surface area contributed by atoms with E-state index in [4.69, 9.17) is 19.8 Å². The number of halogens is 8. The van der Waals surface area contributed by atoms with Gasteiger partial charge in [0.25, 0.3) is 5.91 Å². The summed E-state index contributed by atoms with van der Waals surface area (Å²) in [7, 11) is 0. The molecule has 2 atom stereocenters. The molecule has 10 nitrogen and oxygen atoms in total. The van der Waals surface area contributed by atoms with Crippen molar-refractivity contribution < 1.29 is 59.7 Å². The van der Waals surface area contributed by atoms with Gasteiger partial charge in [-0.2, -0.15) is 26.3 Å². The van der Waals surface area contributed by atoms with Crippen LogP contribution in [0.2, 0.25) is 0 Å². The molecule has 44 heavy (non-hydrogen) atoms. The lowest BCUT2D eigenvalue weighted by Gasteiger charge is -2.22. The van der Waals surface area contributed by atoms with E-state index in [0.717, 1.165) is 21.6 Å². The maximum Gasteiger partial charge on any atom is 0.490 e. The van der Waals surface area contributed by atoms with Gasteiger partial charge in [0.2, 0.25) is 5.67 Å². The van der Waals surface area contributed by atoms with Crippen LogP contribution in [0.5, 0.6) is 0 Å². The zero-order chi connectivity index (χ0) is 32.9. The number of alkyl halides is 8. The van der Waals surface area contributed by atoms with Crippen LogP contribution in [0, 0.1) is 0 Å². The normalized spacial score (nSPS) is 21.5. The van der Waals surface area contributed by atoms with Crippen LogP contribution >= 0.6 is 0 Å². The molecule has 3 aromatic rings. The van der Waals surface area contributed by atoms with Gasteiger partial charge >= 0.3 is 24.3 Å². The molecular weight excluding hydrogens is 614 g/mol. The van der Waals surface area contributed by atoms with Crippen molar-refractivity contribution in [1.29, 1.82) is 0 Å². The van der Waals surface area contributed by atoms with E-state index < -0.39 is 41.5 Å². The third-order valence-corrected chi connectivity index (χ3v) is 6.31. The molecule has 5 rings (SSSR count). The second kappa shape index (κ2) is 12.9. The van der Waals surface area contributed by atoms with Crippen LogP contribution in [0.1, 0.15) is 5.56 Å². The zero-order valence-corrected chi connectivity index (χ0v) is 22.1. The van der Waals surface area contributed by atoms with Crippen molar-refractivity contribution in [3.05, 3.63) is 73.1 Å². The Morgan fingerprint density at radius 2 is 1.36 bits per heavy atom. The molecule has 0 bridgehead atoms. The highest BCUT2D eigenvalue weighted by molar-refractivity contribution is 6.04. The summed E-state index contributed by atoms with van der Waals surface area (Å²) in [6, 6.07) is 11.6. The maximum absolute atomic E-state index is 15.7. The Hall–Kier alpha value is -4.74. The number of carbonyl (C=O) groups excluding carboxylic acids is 1. The summed E-state index contributed by atoms with van der Waals surface area (Å²) in [6.45, 7) is -0.424. The van der Waals surface area contributed by atoms with E-state index in [2.05, 4.69) is 15.0 Å². The van der Waals surface area contributed by atoms with E-state index in [1.165, 1.54) is 18.7 Å². The molecule has 0 aliphatic carbocycles. The maximum atomic E-state index is 15.7. The molecule has 2 aliphatic heterocycles. The summed E-state index contributed by atoms with van der Waals surface area (Å²) in [5.74, 6) is -6.38. The van der Waals surface area contributed by atoms with Crippen molar-refractivity contribution in [2.75, 3.05) is 24.5 Å². The minimum Gasteiger partial charge on any atom is -0.475 e. The number of nitrogens with zero attached hydrogens (tertiary/aromatic N) is 5. The molecule has 2 aromatic heterocycles. The van der Waals surface area contributed by atoms with Crippen molar-refractivity contribution in [3.63, 3.8) is 0 Å². The summed E-state index contributed by atoms with van der Waals surface area (Å²) in [6.07, 6.45) is -2.64. The van der Waals surface area contributed by atoms with Crippen LogP contribution < -0.4 is 4.90 Å². The van der Waals surface area contributed by atoms with E-state index >= 15 is 8.78 Å². The predicted octanol–water partition coefficient (Wildman–Crippen LogP) is 4.08. The number of hydrogen-bond donors (Lipinski definition) is 2. The van der Waals surface area contributed by atoms with Crippen LogP contribution in [-0.4, -0.2) is 91.2 Å². The number of benzene rings is 1. The molecule has 0 radical (unpaired) electrons. The van der Waals surface area contributed by atoms with Gasteiger partial charge in [-0.1, -0.05) is 18.2 Å². The van der Waals surface area contributed by atoms with Crippen LogP contribution in [0.4, 0.5) is 40.8 Å². The highest BCUT2D eigenvalue weighted by atomic mass is 19.4. The highest BCUT2D eigenvalue weighted by Gasteiger charge is 2.71. The average molecular weight is 635 g/mol. The fraction of sp³-hybridized carbons (Fsp3) is 0.308. The van der Waals surface area contributed by atoms with Crippen LogP contribution in [-0.2, 0) is 20.9 Å². The molecule has 2 saturated heterocycles. The lowest BCUT2D eigenvalue weighted by Crippen LogP contribution is -2.47. The van der Waals surface area contributed by atoms with Gasteiger partial charge in [-0.15, -0.1) is 0 Å². The number of carboxylic acid groups (broad SMARTS) is 2. The van der Waals surface area contributed by atoms with Gasteiger partial charge in [0.1, 0.15) is 6.33 Å².